The van der Waals surface area contributed by atoms with Crippen molar-refractivity contribution in [1.82, 2.24) is 19.6 Å². The summed E-state index contributed by atoms with van der Waals surface area (Å²) in [5, 5.41) is 13.4. The molecule has 0 saturated carbocycles. The van der Waals surface area contributed by atoms with E-state index in [1.54, 1.807) is 0 Å². The van der Waals surface area contributed by atoms with Crippen LogP contribution in [-0.2, 0) is 6.54 Å². The number of nitrogens with zero attached hydrogens (tertiary/aromatic N) is 5. The summed E-state index contributed by atoms with van der Waals surface area (Å²) >= 11 is 0. The number of benzene rings is 1. The first-order chi connectivity index (χ1) is 12.2. The maximum atomic E-state index is 9.10. The molecule has 0 unspecified atom stereocenters. The Morgan fingerprint density at radius 1 is 1.28 bits per heavy atom. The minimum absolute atomic E-state index is 0.328. The Kier molecular flexibility index (Phi) is 5.85. The van der Waals surface area contributed by atoms with Crippen LogP contribution in [0.4, 0.5) is 0 Å². The van der Waals surface area contributed by atoms with E-state index in [0.717, 1.165) is 31.7 Å². The van der Waals surface area contributed by atoms with Gasteiger partial charge in [0.05, 0.1) is 18.2 Å². The summed E-state index contributed by atoms with van der Waals surface area (Å²) in [5.41, 5.74) is 1.97. The van der Waals surface area contributed by atoms with Gasteiger partial charge in [-0.1, -0.05) is 12.1 Å². The molecule has 132 valence electrons. The lowest BCUT2D eigenvalue weighted by molar-refractivity contribution is 0.0993. The second kappa shape index (κ2) is 8.28. The molecule has 2 aromatic rings. The third-order valence-electron chi connectivity index (χ3n) is 5.45. The molecule has 2 heterocycles. The van der Waals surface area contributed by atoms with E-state index in [2.05, 4.69) is 41.0 Å². The summed E-state index contributed by atoms with van der Waals surface area (Å²) in [6.45, 7) is 6.55. The molecule has 1 aromatic heterocycles. The predicted octanol–water partition coefficient (Wildman–Crippen LogP) is 2.91. The summed E-state index contributed by atoms with van der Waals surface area (Å²) < 4.78 is 2.00. The fourth-order valence-electron chi connectivity index (χ4n) is 3.65. The van der Waals surface area contributed by atoms with Gasteiger partial charge in [0.15, 0.2) is 0 Å². The Balaban J connectivity index is 1.50. The summed E-state index contributed by atoms with van der Waals surface area (Å²) in [6.07, 6.45) is 6.25. The van der Waals surface area contributed by atoms with E-state index >= 15 is 0 Å². The van der Waals surface area contributed by atoms with Crippen molar-refractivity contribution < 1.29 is 0 Å². The molecule has 3 rings (SSSR count). The molecule has 1 fully saturated rings. The molecule has 0 N–H and O–H groups in total. The van der Waals surface area contributed by atoms with Crippen LogP contribution in [0, 0.1) is 11.3 Å². The number of likely N-dealkylation sites (tertiary alicyclic amines) is 1. The molecule has 0 amide bonds. The lowest BCUT2D eigenvalue weighted by Gasteiger charge is -2.39. The van der Waals surface area contributed by atoms with Crippen LogP contribution >= 0.6 is 0 Å². The van der Waals surface area contributed by atoms with Gasteiger partial charge in [-0.25, -0.2) is 0 Å². The van der Waals surface area contributed by atoms with E-state index in [4.69, 9.17) is 5.26 Å². The van der Waals surface area contributed by atoms with E-state index in [9.17, 15) is 0 Å². The molecule has 0 bridgehead atoms. The highest BCUT2D eigenvalue weighted by Crippen LogP contribution is 2.26. The quantitative estimate of drug-likeness (QED) is 0.813. The van der Waals surface area contributed by atoms with E-state index in [0.29, 0.717) is 12.1 Å². The van der Waals surface area contributed by atoms with Crippen LogP contribution in [0.25, 0.3) is 0 Å². The zero-order chi connectivity index (χ0) is 17.6. The van der Waals surface area contributed by atoms with Gasteiger partial charge in [0.1, 0.15) is 0 Å². The average Bonchev–Trinajstić information content (AvgIpc) is 3.19. The molecule has 0 spiro atoms. The van der Waals surface area contributed by atoms with Crippen LogP contribution in [0.5, 0.6) is 0 Å². The monoisotopic (exact) mass is 337 g/mol. The number of nitriles is 1. The SMILES string of the molecule is C[C@@H](c1cccc(C#N)c1)N(C)C1CCN(CCn2cccn2)CC1. The average molecular weight is 337 g/mol. The smallest absolute Gasteiger partial charge is 0.0991 e. The maximum Gasteiger partial charge on any atom is 0.0991 e. The number of rotatable bonds is 6. The molecule has 1 saturated heterocycles. The Morgan fingerprint density at radius 3 is 2.76 bits per heavy atom. The first-order valence-corrected chi connectivity index (χ1v) is 9.09. The van der Waals surface area contributed by atoms with Gasteiger partial charge >= 0.3 is 0 Å². The highest BCUT2D eigenvalue weighted by molar-refractivity contribution is 5.34. The molecule has 0 aliphatic carbocycles. The molecule has 25 heavy (non-hydrogen) atoms. The van der Waals surface area contributed by atoms with Crippen molar-refractivity contribution >= 4 is 0 Å². The van der Waals surface area contributed by atoms with Gasteiger partial charge in [-0.3, -0.25) is 9.58 Å². The highest BCUT2D eigenvalue weighted by atomic mass is 15.3. The zero-order valence-electron chi connectivity index (χ0n) is 15.2. The Hall–Kier alpha value is -2.16. The molecule has 5 nitrogen and oxygen atoms in total. The number of hydrogen-bond donors (Lipinski definition) is 0. The predicted molar refractivity (Wildman–Crippen MR) is 99.0 cm³/mol. The minimum atomic E-state index is 0.328. The molecular weight excluding hydrogens is 310 g/mol. The van der Waals surface area contributed by atoms with Crippen LogP contribution in [-0.4, -0.2) is 52.3 Å². The molecule has 0 radical (unpaired) electrons. The van der Waals surface area contributed by atoms with Gasteiger partial charge in [0.2, 0.25) is 0 Å². The fourth-order valence-corrected chi connectivity index (χ4v) is 3.65. The van der Waals surface area contributed by atoms with Crippen molar-refractivity contribution in [3.63, 3.8) is 0 Å². The minimum Gasteiger partial charge on any atom is -0.301 e. The fraction of sp³-hybridized carbons (Fsp3) is 0.500. The first-order valence-electron chi connectivity index (χ1n) is 9.09. The Labute approximate surface area is 150 Å². The summed E-state index contributed by atoms with van der Waals surface area (Å²) in [6, 6.07) is 13.1. The maximum absolute atomic E-state index is 9.10. The normalized spacial score (nSPS) is 17.5. The van der Waals surface area contributed by atoms with Crippen LogP contribution < -0.4 is 0 Å². The largest absolute Gasteiger partial charge is 0.301 e. The van der Waals surface area contributed by atoms with E-state index in [-0.39, 0.29) is 0 Å². The molecular formula is C20H27N5. The van der Waals surface area contributed by atoms with Crippen molar-refractivity contribution in [1.29, 1.82) is 5.26 Å². The van der Waals surface area contributed by atoms with Crippen molar-refractivity contribution in [3.05, 3.63) is 53.9 Å². The van der Waals surface area contributed by atoms with Crippen LogP contribution in [0.1, 0.15) is 36.9 Å². The molecule has 1 aliphatic rings. The summed E-state index contributed by atoms with van der Waals surface area (Å²) in [4.78, 5) is 5.01. The van der Waals surface area contributed by atoms with Gasteiger partial charge < -0.3 is 4.90 Å². The van der Waals surface area contributed by atoms with Crippen molar-refractivity contribution in [3.8, 4) is 6.07 Å². The molecule has 1 aromatic carbocycles. The van der Waals surface area contributed by atoms with Crippen molar-refractivity contribution in [2.45, 2.75) is 38.4 Å². The van der Waals surface area contributed by atoms with Crippen LogP contribution in [0.2, 0.25) is 0 Å². The van der Waals surface area contributed by atoms with Crippen molar-refractivity contribution in [2.75, 3.05) is 26.7 Å². The van der Waals surface area contributed by atoms with Gasteiger partial charge in [0.25, 0.3) is 0 Å². The van der Waals surface area contributed by atoms with Crippen LogP contribution in [0.15, 0.2) is 42.7 Å². The lowest BCUT2D eigenvalue weighted by atomic mass is 9.98. The molecule has 1 aliphatic heterocycles. The lowest BCUT2D eigenvalue weighted by Crippen LogP contribution is -2.44. The molecule has 5 heteroatoms. The second-order valence-electron chi connectivity index (χ2n) is 6.92. The Bertz CT molecular complexity index is 695. The zero-order valence-corrected chi connectivity index (χ0v) is 15.2. The third-order valence-corrected chi connectivity index (χ3v) is 5.45. The topological polar surface area (TPSA) is 48.1 Å². The van der Waals surface area contributed by atoms with Gasteiger partial charge in [-0.2, -0.15) is 10.4 Å². The van der Waals surface area contributed by atoms with E-state index in [1.165, 1.54) is 18.4 Å². The highest BCUT2D eigenvalue weighted by Gasteiger charge is 2.25. The number of aromatic nitrogens is 2. The Morgan fingerprint density at radius 2 is 2.08 bits per heavy atom. The van der Waals surface area contributed by atoms with Crippen molar-refractivity contribution in [2.24, 2.45) is 0 Å². The summed E-state index contributed by atoms with van der Waals surface area (Å²) in [5.74, 6) is 0. The number of piperidine rings is 1. The van der Waals surface area contributed by atoms with E-state index in [1.807, 2.05) is 41.3 Å². The first kappa shape index (κ1) is 17.7. The van der Waals surface area contributed by atoms with Crippen LogP contribution in [0.3, 0.4) is 0 Å². The van der Waals surface area contributed by atoms with E-state index < -0.39 is 0 Å². The second-order valence-corrected chi connectivity index (χ2v) is 6.92. The van der Waals surface area contributed by atoms with Gasteiger partial charge in [0, 0.05) is 31.0 Å². The summed E-state index contributed by atoms with van der Waals surface area (Å²) in [7, 11) is 2.22. The van der Waals surface area contributed by atoms with Gasteiger partial charge in [-0.15, -0.1) is 0 Å². The number of hydrogen-bond acceptors (Lipinski definition) is 4. The standard InChI is InChI=1S/C20H27N5/c1-17(19-6-3-5-18(15-19)16-21)23(2)20-7-11-24(12-8-20)13-14-25-10-4-9-22-25/h3-6,9-10,15,17,20H,7-8,11-14H2,1-2H3/t17-/m0/s1. The molecule has 1 atom stereocenters. The van der Waals surface area contributed by atoms with Gasteiger partial charge in [-0.05, 0) is 63.7 Å². The third kappa shape index (κ3) is 4.47.